The van der Waals surface area contributed by atoms with E-state index in [0.717, 1.165) is 22.0 Å². The summed E-state index contributed by atoms with van der Waals surface area (Å²) in [7, 11) is 0. The Kier molecular flexibility index (Phi) is 1.70. The molecule has 1 aromatic heterocycles. The number of hydrogen-bond acceptors (Lipinski definition) is 3. The molecule has 2 aromatic rings. The van der Waals surface area contributed by atoms with E-state index in [9.17, 15) is 0 Å². The first-order chi connectivity index (χ1) is 7.45. The second-order valence-electron chi connectivity index (χ2n) is 3.25. The summed E-state index contributed by atoms with van der Waals surface area (Å²) in [5, 5.41) is 2.18. The van der Waals surface area contributed by atoms with Gasteiger partial charge >= 0.3 is 0 Å². The Bertz CT molecular complexity index is 620. The van der Waals surface area contributed by atoms with E-state index in [-0.39, 0.29) is 0 Å². The lowest BCUT2D eigenvalue weighted by molar-refractivity contribution is 1.36. The summed E-state index contributed by atoms with van der Waals surface area (Å²) in [5.41, 5.74) is 1.93. The van der Waals surface area contributed by atoms with Gasteiger partial charge in [0.2, 0.25) is 0 Å². The Labute approximate surface area is 86.5 Å². The standard InChI is InChI=1S/C12H7N3/c1-2-10-4-6-14-8-15-12(10)11-7-13-5-3-9(1)11/h1-5,7-8H. The minimum atomic E-state index is 0.911. The van der Waals surface area contributed by atoms with Crippen LogP contribution in [0, 0.1) is 0 Å². The van der Waals surface area contributed by atoms with Crippen molar-refractivity contribution < 1.29 is 0 Å². The van der Waals surface area contributed by atoms with Crippen LogP contribution in [0.1, 0.15) is 5.56 Å². The second-order valence-corrected chi connectivity index (χ2v) is 3.25. The first-order valence-corrected chi connectivity index (χ1v) is 4.63. The van der Waals surface area contributed by atoms with Crippen molar-refractivity contribution in [3.8, 4) is 0 Å². The number of benzene rings is 1. The van der Waals surface area contributed by atoms with Crippen molar-refractivity contribution in [2.24, 2.45) is 9.98 Å². The van der Waals surface area contributed by atoms with Crippen LogP contribution in [0.3, 0.4) is 0 Å². The van der Waals surface area contributed by atoms with Gasteiger partial charge in [0, 0.05) is 29.4 Å². The SMILES string of the molecule is C1=Cc2ccc3ccncc3c2N=CN=1. The number of fused-ring (bicyclic) bond motifs is 3. The van der Waals surface area contributed by atoms with Crippen LogP contribution < -0.4 is 0 Å². The Morgan fingerprint density at radius 2 is 2.13 bits per heavy atom. The molecule has 0 unspecified atom stereocenters. The predicted octanol–water partition coefficient (Wildman–Crippen LogP) is 2.59. The molecule has 2 heterocycles. The second kappa shape index (κ2) is 3.15. The molecule has 15 heavy (non-hydrogen) atoms. The summed E-state index contributed by atoms with van der Waals surface area (Å²) in [6.07, 6.45) is 6.94. The molecule has 0 atom stereocenters. The fourth-order valence-corrected chi connectivity index (χ4v) is 1.65. The summed E-state index contributed by atoms with van der Waals surface area (Å²) < 4.78 is 0. The first-order valence-electron chi connectivity index (χ1n) is 4.63. The summed E-state index contributed by atoms with van der Waals surface area (Å²) in [6.45, 7) is 0. The van der Waals surface area contributed by atoms with Gasteiger partial charge in [0.05, 0.1) is 5.69 Å². The van der Waals surface area contributed by atoms with Gasteiger partial charge in [0.25, 0.3) is 0 Å². The van der Waals surface area contributed by atoms with Gasteiger partial charge in [-0.3, -0.25) is 4.98 Å². The van der Waals surface area contributed by atoms with Crippen molar-refractivity contribution in [2.45, 2.75) is 0 Å². The molecule has 0 saturated carbocycles. The quantitative estimate of drug-likeness (QED) is 0.633. The van der Waals surface area contributed by atoms with Crippen molar-refractivity contribution in [1.29, 1.82) is 0 Å². The minimum Gasteiger partial charge on any atom is -0.264 e. The Hall–Kier alpha value is -2.25. The normalized spacial score (nSPS) is 12.8. The third-order valence-electron chi connectivity index (χ3n) is 2.36. The van der Waals surface area contributed by atoms with Crippen LogP contribution in [-0.2, 0) is 0 Å². The highest BCUT2D eigenvalue weighted by atomic mass is 14.9. The maximum absolute atomic E-state index is 4.29. The molecule has 3 rings (SSSR count). The van der Waals surface area contributed by atoms with Gasteiger partial charge in [-0.1, -0.05) is 12.1 Å². The molecule has 0 saturated heterocycles. The molecule has 0 fully saturated rings. The molecule has 0 bridgehead atoms. The van der Waals surface area contributed by atoms with Crippen molar-refractivity contribution in [3.05, 3.63) is 36.2 Å². The fraction of sp³-hybridized carbons (Fsp3) is 0. The largest absolute Gasteiger partial charge is 0.264 e. The molecule has 1 aliphatic heterocycles. The van der Waals surface area contributed by atoms with Crippen molar-refractivity contribution in [3.63, 3.8) is 0 Å². The molecule has 0 spiro atoms. The van der Waals surface area contributed by atoms with Gasteiger partial charge in [-0.2, -0.15) is 4.99 Å². The van der Waals surface area contributed by atoms with Gasteiger partial charge in [0.1, 0.15) is 6.34 Å². The van der Waals surface area contributed by atoms with E-state index in [1.807, 2.05) is 24.4 Å². The van der Waals surface area contributed by atoms with Crippen LogP contribution in [0.4, 0.5) is 5.69 Å². The zero-order valence-corrected chi connectivity index (χ0v) is 7.88. The van der Waals surface area contributed by atoms with Crippen LogP contribution in [0.15, 0.2) is 40.6 Å². The maximum Gasteiger partial charge on any atom is 0.126 e. The van der Waals surface area contributed by atoms with Crippen molar-refractivity contribution in [1.82, 2.24) is 4.98 Å². The highest BCUT2D eigenvalue weighted by Crippen LogP contribution is 2.30. The van der Waals surface area contributed by atoms with Crippen LogP contribution in [0.2, 0.25) is 0 Å². The van der Waals surface area contributed by atoms with Crippen LogP contribution in [0.25, 0.3) is 16.8 Å². The molecule has 3 nitrogen and oxygen atoms in total. The lowest BCUT2D eigenvalue weighted by atomic mass is 10.1. The molecule has 0 aliphatic carbocycles. The Morgan fingerprint density at radius 3 is 3.13 bits per heavy atom. The lowest BCUT2D eigenvalue weighted by Gasteiger charge is -2.03. The van der Waals surface area contributed by atoms with E-state index < -0.39 is 0 Å². The van der Waals surface area contributed by atoms with Gasteiger partial charge < -0.3 is 0 Å². The zero-order valence-electron chi connectivity index (χ0n) is 7.88. The number of aliphatic imine (C=N–C) groups is 2. The van der Waals surface area contributed by atoms with Gasteiger partial charge in [0.15, 0.2) is 0 Å². The number of aromatic nitrogens is 1. The number of nitrogens with zero attached hydrogens (tertiary/aromatic N) is 3. The van der Waals surface area contributed by atoms with E-state index in [1.165, 1.54) is 6.34 Å². The monoisotopic (exact) mass is 193 g/mol. The van der Waals surface area contributed by atoms with Crippen molar-refractivity contribution >= 4 is 34.7 Å². The zero-order chi connectivity index (χ0) is 10.1. The summed E-state index contributed by atoms with van der Waals surface area (Å²) >= 11 is 0. The number of hydrogen-bond donors (Lipinski definition) is 0. The summed E-state index contributed by atoms with van der Waals surface area (Å²) in [6, 6.07) is 6.04. The molecule has 3 heteroatoms. The van der Waals surface area contributed by atoms with E-state index in [2.05, 4.69) is 26.9 Å². The van der Waals surface area contributed by atoms with E-state index in [1.54, 1.807) is 6.20 Å². The van der Waals surface area contributed by atoms with Crippen LogP contribution in [0.5, 0.6) is 0 Å². The third-order valence-corrected chi connectivity index (χ3v) is 2.36. The predicted molar refractivity (Wildman–Crippen MR) is 61.8 cm³/mol. The molecule has 1 aliphatic rings. The first kappa shape index (κ1) is 8.09. The highest BCUT2D eigenvalue weighted by Gasteiger charge is 2.05. The maximum atomic E-state index is 4.29. The van der Waals surface area contributed by atoms with Gasteiger partial charge in [-0.15, -0.1) is 0 Å². The summed E-state index contributed by atoms with van der Waals surface area (Å²) in [5.74, 6) is 2.80. The van der Waals surface area contributed by atoms with Crippen molar-refractivity contribution in [2.75, 3.05) is 0 Å². The lowest BCUT2D eigenvalue weighted by Crippen LogP contribution is -1.80. The molecular formula is C12H7N3. The minimum absolute atomic E-state index is 0.911. The molecule has 70 valence electrons. The van der Waals surface area contributed by atoms with E-state index >= 15 is 0 Å². The molecule has 1 aromatic carbocycles. The molecule has 0 N–H and O–H groups in total. The van der Waals surface area contributed by atoms with Gasteiger partial charge in [-0.05, 0) is 17.3 Å². The molecular weight excluding hydrogens is 186 g/mol. The van der Waals surface area contributed by atoms with Crippen LogP contribution >= 0.6 is 0 Å². The third kappa shape index (κ3) is 1.26. The number of pyridine rings is 1. The topological polar surface area (TPSA) is 37.6 Å². The Morgan fingerprint density at radius 1 is 1.13 bits per heavy atom. The van der Waals surface area contributed by atoms with Gasteiger partial charge in [-0.25, -0.2) is 4.99 Å². The fourth-order valence-electron chi connectivity index (χ4n) is 1.65. The average molecular weight is 193 g/mol. The Balaban J connectivity index is 2.45. The smallest absolute Gasteiger partial charge is 0.126 e. The molecule has 0 amide bonds. The summed E-state index contributed by atoms with van der Waals surface area (Å²) in [4.78, 5) is 12.3. The van der Waals surface area contributed by atoms with Crippen LogP contribution in [-0.4, -0.2) is 17.2 Å². The highest BCUT2D eigenvalue weighted by molar-refractivity contribution is 6.01. The number of rotatable bonds is 0. The van der Waals surface area contributed by atoms with E-state index in [4.69, 9.17) is 0 Å². The van der Waals surface area contributed by atoms with E-state index in [0.29, 0.717) is 0 Å². The molecule has 0 radical (unpaired) electrons. The average Bonchev–Trinajstić information content (AvgIpc) is 2.54.